The Bertz CT molecular complexity index is 509. The summed E-state index contributed by atoms with van der Waals surface area (Å²) in [5, 5.41) is 2.61. The van der Waals surface area contributed by atoms with Crippen LogP contribution in [0.5, 0.6) is 0 Å². The monoisotopic (exact) mass is 284 g/mol. The number of aryl methyl sites for hydroxylation is 1. The summed E-state index contributed by atoms with van der Waals surface area (Å²) in [7, 11) is -3.31. The Hall–Kier alpha value is -1.40. The van der Waals surface area contributed by atoms with Crippen molar-refractivity contribution >= 4 is 15.9 Å². The van der Waals surface area contributed by atoms with Crippen molar-refractivity contribution in [1.29, 1.82) is 0 Å². The van der Waals surface area contributed by atoms with Crippen molar-refractivity contribution in [2.75, 3.05) is 13.1 Å². The fourth-order valence-electron chi connectivity index (χ4n) is 1.54. The molecule has 106 valence electrons. The molecule has 1 aromatic carbocycles. The number of nitrogens with one attached hydrogen (secondary N) is 2. The molecule has 0 radical (unpaired) electrons. The Morgan fingerprint density at radius 1 is 1.16 bits per heavy atom. The molecule has 5 nitrogen and oxygen atoms in total. The lowest BCUT2D eigenvalue weighted by atomic mass is 10.2. The molecule has 0 spiro atoms. The highest BCUT2D eigenvalue weighted by atomic mass is 32.2. The molecule has 1 amide bonds. The summed E-state index contributed by atoms with van der Waals surface area (Å²) in [5.74, 6) is -0.129. The Morgan fingerprint density at radius 2 is 1.79 bits per heavy atom. The third-order valence-electron chi connectivity index (χ3n) is 2.53. The highest BCUT2D eigenvalue weighted by molar-refractivity contribution is 7.88. The maximum Gasteiger partial charge on any atom is 0.216 e. The van der Waals surface area contributed by atoms with Gasteiger partial charge in [0.1, 0.15) is 0 Å². The third-order valence-corrected chi connectivity index (χ3v) is 3.88. The van der Waals surface area contributed by atoms with E-state index in [0.29, 0.717) is 19.5 Å². The van der Waals surface area contributed by atoms with Gasteiger partial charge in [0.05, 0.1) is 5.75 Å². The summed E-state index contributed by atoms with van der Waals surface area (Å²) < 4.78 is 26.1. The quantitative estimate of drug-likeness (QED) is 0.732. The van der Waals surface area contributed by atoms with Crippen molar-refractivity contribution < 1.29 is 13.2 Å². The number of rotatable bonds is 7. The molecule has 0 unspecified atom stereocenters. The van der Waals surface area contributed by atoms with Crippen molar-refractivity contribution in [3.63, 3.8) is 0 Å². The van der Waals surface area contributed by atoms with E-state index >= 15 is 0 Å². The zero-order chi connectivity index (χ0) is 14.3. The van der Waals surface area contributed by atoms with Crippen LogP contribution in [-0.2, 0) is 20.6 Å². The first-order valence-electron chi connectivity index (χ1n) is 6.16. The fourth-order valence-corrected chi connectivity index (χ4v) is 2.72. The van der Waals surface area contributed by atoms with Gasteiger partial charge in [0.15, 0.2) is 0 Å². The molecule has 1 rings (SSSR count). The second kappa shape index (κ2) is 7.25. The first-order chi connectivity index (χ1) is 8.89. The molecule has 0 aliphatic carbocycles. The standard InChI is InChI=1S/C13H20N2O3S/c1-11-4-6-13(7-5-11)10-19(17,18)15-9-3-8-14-12(2)16/h4-7,15H,3,8-10H2,1-2H3,(H,14,16). The minimum atomic E-state index is -3.31. The largest absolute Gasteiger partial charge is 0.356 e. The Kier molecular flexibility index (Phi) is 5.98. The molecule has 0 heterocycles. The Balaban J connectivity index is 2.35. The van der Waals surface area contributed by atoms with E-state index in [0.717, 1.165) is 11.1 Å². The van der Waals surface area contributed by atoms with E-state index in [1.807, 2.05) is 31.2 Å². The number of hydrogen-bond donors (Lipinski definition) is 2. The van der Waals surface area contributed by atoms with Crippen LogP contribution in [-0.4, -0.2) is 27.4 Å². The average molecular weight is 284 g/mol. The number of carbonyl (C=O) groups excluding carboxylic acids is 1. The number of sulfonamides is 1. The minimum Gasteiger partial charge on any atom is -0.356 e. The van der Waals surface area contributed by atoms with Gasteiger partial charge in [-0.25, -0.2) is 13.1 Å². The van der Waals surface area contributed by atoms with Gasteiger partial charge in [-0.3, -0.25) is 4.79 Å². The molecule has 0 saturated carbocycles. The summed E-state index contributed by atoms with van der Waals surface area (Å²) >= 11 is 0. The van der Waals surface area contributed by atoms with Gasteiger partial charge in [-0.2, -0.15) is 0 Å². The molecule has 6 heteroatoms. The van der Waals surface area contributed by atoms with Crippen LogP contribution in [0, 0.1) is 6.92 Å². The maximum absolute atomic E-state index is 11.8. The van der Waals surface area contributed by atoms with E-state index < -0.39 is 10.0 Å². The Labute approximate surface area is 114 Å². The summed E-state index contributed by atoms with van der Waals surface area (Å²) in [6.07, 6.45) is 0.576. The van der Waals surface area contributed by atoms with E-state index in [4.69, 9.17) is 0 Å². The van der Waals surface area contributed by atoms with Crippen molar-refractivity contribution in [2.45, 2.75) is 26.0 Å². The van der Waals surface area contributed by atoms with E-state index in [-0.39, 0.29) is 11.7 Å². The van der Waals surface area contributed by atoms with E-state index in [1.165, 1.54) is 6.92 Å². The van der Waals surface area contributed by atoms with Crippen molar-refractivity contribution in [3.05, 3.63) is 35.4 Å². The van der Waals surface area contributed by atoms with E-state index in [1.54, 1.807) is 0 Å². The molecule has 0 bridgehead atoms. The van der Waals surface area contributed by atoms with Crippen LogP contribution >= 0.6 is 0 Å². The van der Waals surface area contributed by atoms with Crippen LogP contribution in [0.4, 0.5) is 0 Å². The number of benzene rings is 1. The highest BCUT2D eigenvalue weighted by Crippen LogP contribution is 2.06. The number of hydrogen-bond acceptors (Lipinski definition) is 3. The Morgan fingerprint density at radius 3 is 2.37 bits per heavy atom. The molecule has 1 aromatic rings. The predicted molar refractivity (Wildman–Crippen MR) is 75.1 cm³/mol. The summed E-state index contributed by atoms with van der Waals surface area (Å²) in [6.45, 7) is 4.19. The summed E-state index contributed by atoms with van der Waals surface area (Å²) in [6, 6.07) is 7.40. The van der Waals surface area contributed by atoms with Gasteiger partial charge in [-0.1, -0.05) is 29.8 Å². The van der Waals surface area contributed by atoms with Gasteiger partial charge in [0.25, 0.3) is 0 Å². The average Bonchev–Trinajstić information content (AvgIpc) is 2.31. The SMILES string of the molecule is CC(=O)NCCCNS(=O)(=O)Cc1ccc(C)cc1. The molecule has 0 aliphatic heterocycles. The van der Waals surface area contributed by atoms with E-state index in [2.05, 4.69) is 10.0 Å². The normalized spacial score (nSPS) is 11.3. The van der Waals surface area contributed by atoms with Crippen LogP contribution in [0.2, 0.25) is 0 Å². The van der Waals surface area contributed by atoms with Crippen LogP contribution in [0.25, 0.3) is 0 Å². The van der Waals surface area contributed by atoms with Gasteiger partial charge >= 0.3 is 0 Å². The van der Waals surface area contributed by atoms with Gasteiger partial charge in [0.2, 0.25) is 15.9 Å². The van der Waals surface area contributed by atoms with Gasteiger partial charge < -0.3 is 5.32 Å². The molecule has 2 N–H and O–H groups in total. The second-order valence-electron chi connectivity index (χ2n) is 4.48. The molecule has 0 fully saturated rings. The highest BCUT2D eigenvalue weighted by Gasteiger charge is 2.10. The lowest BCUT2D eigenvalue weighted by Gasteiger charge is -2.07. The van der Waals surface area contributed by atoms with Crippen LogP contribution in [0.1, 0.15) is 24.5 Å². The van der Waals surface area contributed by atoms with E-state index in [9.17, 15) is 13.2 Å². The van der Waals surface area contributed by atoms with Gasteiger partial charge in [-0.15, -0.1) is 0 Å². The van der Waals surface area contributed by atoms with Crippen molar-refractivity contribution in [2.24, 2.45) is 0 Å². The minimum absolute atomic E-state index is 0.0204. The third kappa shape index (κ3) is 6.93. The molecule has 0 aromatic heterocycles. The predicted octanol–water partition coefficient (Wildman–Crippen LogP) is 0.941. The van der Waals surface area contributed by atoms with Crippen molar-refractivity contribution in [1.82, 2.24) is 10.0 Å². The van der Waals surface area contributed by atoms with Crippen LogP contribution in [0.3, 0.4) is 0 Å². The zero-order valence-electron chi connectivity index (χ0n) is 11.3. The smallest absolute Gasteiger partial charge is 0.216 e. The zero-order valence-corrected chi connectivity index (χ0v) is 12.1. The molecular formula is C13H20N2O3S. The first kappa shape index (κ1) is 15.7. The molecule has 0 saturated heterocycles. The van der Waals surface area contributed by atoms with Gasteiger partial charge in [0, 0.05) is 20.0 Å². The number of amides is 1. The molecule has 0 atom stereocenters. The van der Waals surface area contributed by atoms with Crippen molar-refractivity contribution in [3.8, 4) is 0 Å². The topological polar surface area (TPSA) is 75.3 Å². The lowest BCUT2D eigenvalue weighted by Crippen LogP contribution is -2.29. The molecular weight excluding hydrogens is 264 g/mol. The summed E-state index contributed by atoms with van der Waals surface area (Å²) in [4.78, 5) is 10.6. The first-order valence-corrected chi connectivity index (χ1v) is 7.81. The fraction of sp³-hybridized carbons (Fsp3) is 0.462. The lowest BCUT2D eigenvalue weighted by molar-refractivity contribution is -0.118. The molecule has 19 heavy (non-hydrogen) atoms. The summed E-state index contributed by atoms with van der Waals surface area (Å²) in [5.41, 5.74) is 1.87. The number of carbonyl (C=O) groups is 1. The second-order valence-corrected chi connectivity index (χ2v) is 6.28. The molecule has 0 aliphatic rings. The van der Waals surface area contributed by atoms with Crippen LogP contribution < -0.4 is 10.0 Å². The maximum atomic E-state index is 11.8. The van der Waals surface area contributed by atoms with Gasteiger partial charge in [-0.05, 0) is 18.9 Å². The van der Waals surface area contributed by atoms with Crippen LogP contribution in [0.15, 0.2) is 24.3 Å².